The van der Waals surface area contributed by atoms with Crippen molar-refractivity contribution in [1.82, 2.24) is 0 Å². The Labute approximate surface area is 72.4 Å². The van der Waals surface area contributed by atoms with Crippen LogP contribution in [0.2, 0.25) is 0 Å². The first-order valence-electron chi connectivity index (χ1n) is 4.03. The molecule has 0 aliphatic carbocycles. The third-order valence-electron chi connectivity index (χ3n) is 1.87. The Balaban J connectivity index is 2.58. The van der Waals surface area contributed by atoms with Crippen molar-refractivity contribution in [1.29, 1.82) is 0 Å². The van der Waals surface area contributed by atoms with Crippen LogP contribution in [0.4, 0.5) is 0 Å². The van der Waals surface area contributed by atoms with Crippen LogP contribution in [0, 0.1) is 5.92 Å². The van der Waals surface area contributed by atoms with Gasteiger partial charge in [0.1, 0.15) is 0 Å². The molecule has 0 aliphatic rings. The van der Waals surface area contributed by atoms with Gasteiger partial charge in [0.15, 0.2) is 0 Å². The number of hydrogen-bond acceptors (Lipinski definition) is 1. The Morgan fingerprint density at radius 1 is 1.42 bits per heavy atom. The number of hydrogen-bond donors (Lipinski definition) is 1. The van der Waals surface area contributed by atoms with Gasteiger partial charge in [0.25, 0.3) is 0 Å². The van der Waals surface area contributed by atoms with Crippen molar-refractivity contribution in [3.8, 4) is 0 Å². The first kappa shape index (κ1) is 8.78. The molecular formula is C10H13NO. The van der Waals surface area contributed by atoms with Crippen LogP contribution < -0.4 is 5.73 Å². The van der Waals surface area contributed by atoms with Gasteiger partial charge in [-0.05, 0) is 12.0 Å². The molecule has 1 aromatic carbocycles. The van der Waals surface area contributed by atoms with E-state index < -0.39 is 0 Å². The lowest BCUT2D eigenvalue weighted by atomic mass is 10.0. The lowest BCUT2D eigenvalue weighted by Gasteiger charge is -2.05. The lowest BCUT2D eigenvalue weighted by molar-refractivity contribution is -0.121. The van der Waals surface area contributed by atoms with Crippen molar-refractivity contribution in [3.05, 3.63) is 35.9 Å². The molecule has 1 amide bonds. The maximum Gasteiger partial charge on any atom is 0.220 e. The predicted octanol–water partition coefficient (Wildman–Crippen LogP) is 1.35. The fraction of sp³-hybridized carbons (Fsp3) is 0.300. The molecule has 1 aromatic rings. The zero-order chi connectivity index (χ0) is 8.97. The number of carbonyl (C=O) groups is 1. The molecule has 12 heavy (non-hydrogen) atoms. The Kier molecular flexibility index (Phi) is 2.86. The molecule has 0 spiro atoms. The van der Waals surface area contributed by atoms with Gasteiger partial charge in [-0.1, -0.05) is 37.3 Å². The van der Waals surface area contributed by atoms with Crippen molar-refractivity contribution >= 4 is 5.91 Å². The van der Waals surface area contributed by atoms with Crippen molar-refractivity contribution in [2.75, 3.05) is 0 Å². The van der Waals surface area contributed by atoms with Gasteiger partial charge < -0.3 is 5.73 Å². The van der Waals surface area contributed by atoms with Gasteiger partial charge in [-0.25, -0.2) is 0 Å². The molecule has 0 fully saturated rings. The van der Waals surface area contributed by atoms with Gasteiger partial charge in [-0.2, -0.15) is 0 Å². The van der Waals surface area contributed by atoms with E-state index in [4.69, 9.17) is 5.73 Å². The molecule has 0 heterocycles. The fourth-order valence-electron chi connectivity index (χ4n) is 1.07. The fourth-order valence-corrected chi connectivity index (χ4v) is 1.07. The normalized spacial score (nSPS) is 12.4. The van der Waals surface area contributed by atoms with Gasteiger partial charge in [0, 0.05) is 5.92 Å². The second kappa shape index (κ2) is 3.90. The molecular weight excluding hydrogens is 150 g/mol. The molecule has 0 radical (unpaired) electrons. The van der Waals surface area contributed by atoms with Crippen LogP contribution in [-0.4, -0.2) is 5.91 Å². The van der Waals surface area contributed by atoms with E-state index in [9.17, 15) is 4.79 Å². The molecule has 2 N–H and O–H groups in total. The number of amides is 1. The SMILES string of the molecule is C[C@H](Cc1ccccc1)C(N)=O. The summed E-state index contributed by atoms with van der Waals surface area (Å²) in [6.45, 7) is 1.84. The van der Waals surface area contributed by atoms with E-state index in [2.05, 4.69) is 0 Å². The summed E-state index contributed by atoms with van der Waals surface area (Å²) in [5.41, 5.74) is 6.30. The number of benzene rings is 1. The summed E-state index contributed by atoms with van der Waals surface area (Å²) >= 11 is 0. The molecule has 1 atom stereocenters. The van der Waals surface area contributed by atoms with Gasteiger partial charge in [-0.15, -0.1) is 0 Å². The van der Waals surface area contributed by atoms with Crippen LogP contribution in [-0.2, 0) is 11.2 Å². The molecule has 0 aromatic heterocycles. The smallest absolute Gasteiger partial charge is 0.220 e. The summed E-state index contributed by atoms with van der Waals surface area (Å²) in [5.74, 6) is -0.314. The van der Waals surface area contributed by atoms with Gasteiger partial charge in [0.2, 0.25) is 5.91 Å². The second-order valence-corrected chi connectivity index (χ2v) is 2.99. The molecule has 64 valence electrons. The monoisotopic (exact) mass is 163 g/mol. The van der Waals surface area contributed by atoms with Crippen molar-refractivity contribution in [2.24, 2.45) is 11.7 Å². The Hall–Kier alpha value is -1.31. The lowest BCUT2D eigenvalue weighted by Crippen LogP contribution is -2.22. The Bertz CT molecular complexity index is 256. The molecule has 0 bridgehead atoms. The van der Waals surface area contributed by atoms with E-state index in [0.29, 0.717) is 0 Å². The number of primary amides is 1. The summed E-state index contributed by atoms with van der Waals surface area (Å²) in [5, 5.41) is 0. The number of rotatable bonds is 3. The van der Waals surface area contributed by atoms with Crippen LogP contribution in [0.3, 0.4) is 0 Å². The summed E-state index contributed by atoms with van der Waals surface area (Å²) in [7, 11) is 0. The zero-order valence-electron chi connectivity index (χ0n) is 7.16. The summed E-state index contributed by atoms with van der Waals surface area (Å²) in [6.07, 6.45) is 0.732. The average Bonchev–Trinajstić information content (AvgIpc) is 2.06. The van der Waals surface area contributed by atoms with Crippen molar-refractivity contribution in [2.45, 2.75) is 13.3 Å². The van der Waals surface area contributed by atoms with Crippen molar-refractivity contribution in [3.63, 3.8) is 0 Å². The molecule has 0 saturated heterocycles. The number of carbonyl (C=O) groups excluding carboxylic acids is 1. The molecule has 2 nitrogen and oxygen atoms in total. The van der Waals surface area contributed by atoms with E-state index in [1.807, 2.05) is 37.3 Å². The second-order valence-electron chi connectivity index (χ2n) is 2.99. The molecule has 2 heteroatoms. The first-order valence-corrected chi connectivity index (χ1v) is 4.03. The van der Waals surface area contributed by atoms with E-state index in [1.54, 1.807) is 0 Å². The van der Waals surface area contributed by atoms with E-state index >= 15 is 0 Å². The van der Waals surface area contributed by atoms with Crippen LogP contribution in [0.1, 0.15) is 12.5 Å². The third kappa shape index (κ3) is 2.38. The topological polar surface area (TPSA) is 43.1 Å². The average molecular weight is 163 g/mol. The van der Waals surface area contributed by atoms with Gasteiger partial charge >= 0.3 is 0 Å². The predicted molar refractivity (Wildman–Crippen MR) is 48.5 cm³/mol. The van der Waals surface area contributed by atoms with Gasteiger partial charge in [0.05, 0.1) is 0 Å². The quantitative estimate of drug-likeness (QED) is 0.718. The summed E-state index contributed by atoms with van der Waals surface area (Å²) in [4.78, 5) is 10.7. The largest absolute Gasteiger partial charge is 0.369 e. The first-order chi connectivity index (χ1) is 5.70. The Morgan fingerprint density at radius 3 is 2.50 bits per heavy atom. The van der Waals surface area contributed by atoms with Crippen LogP contribution in [0.15, 0.2) is 30.3 Å². The molecule has 0 saturated carbocycles. The summed E-state index contributed by atoms with van der Waals surface area (Å²) in [6, 6.07) is 9.88. The van der Waals surface area contributed by atoms with Gasteiger partial charge in [-0.3, -0.25) is 4.79 Å². The maximum absolute atomic E-state index is 10.7. The maximum atomic E-state index is 10.7. The zero-order valence-corrected chi connectivity index (χ0v) is 7.16. The van der Waals surface area contributed by atoms with E-state index in [1.165, 1.54) is 0 Å². The highest BCUT2D eigenvalue weighted by Crippen LogP contribution is 2.06. The standard InChI is InChI=1S/C10H13NO/c1-8(10(11)12)7-9-5-3-2-4-6-9/h2-6,8H,7H2,1H3,(H2,11,12)/t8-/m1/s1. The minimum Gasteiger partial charge on any atom is -0.369 e. The molecule has 0 aliphatic heterocycles. The summed E-state index contributed by atoms with van der Waals surface area (Å²) < 4.78 is 0. The van der Waals surface area contributed by atoms with E-state index in [-0.39, 0.29) is 11.8 Å². The molecule has 0 unspecified atom stereocenters. The number of nitrogens with two attached hydrogens (primary N) is 1. The van der Waals surface area contributed by atoms with Crippen molar-refractivity contribution < 1.29 is 4.79 Å². The highest BCUT2D eigenvalue weighted by molar-refractivity contribution is 5.76. The van der Waals surface area contributed by atoms with Crippen LogP contribution in [0.5, 0.6) is 0 Å². The highest BCUT2D eigenvalue weighted by atomic mass is 16.1. The van der Waals surface area contributed by atoms with Crippen LogP contribution in [0.25, 0.3) is 0 Å². The highest BCUT2D eigenvalue weighted by Gasteiger charge is 2.08. The molecule has 1 rings (SSSR count). The minimum atomic E-state index is -0.237. The Morgan fingerprint density at radius 2 is 2.00 bits per heavy atom. The van der Waals surface area contributed by atoms with Crippen LogP contribution >= 0.6 is 0 Å². The van der Waals surface area contributed by atoms with E-state index in [0.717, 1.165) is 12.0 Å². The third-order valence-corrected chi connectivity index (χ3v) is 1.87. The minimum absolute atomic E-state index is 0.0765.